The normalized spacial score (nSPS) is 11.8. The van der Waals surface area contributed by atoms with Gasteiger partial charge in [0, 0.05) is 14.1 Å². The van der Waals surface area contributed by atoms with Crippen LogP contribution in [-0.4, -0.2) is 47.5 Å². The van der Waals surface area contributed by atoms with Gasteiger partial charge in [-0.2, -0.15) is 0 Å². The number of benzene rings is 1. The van der Waals surface area contributed by atoms with Crippen molar-refractivity contribution in [3.63, 3.8) is 0 Å². The molecule has 0 bridgehead atoms. The standard InChI is InChI=1S/C8H10NO5P.C3H7NO.K/c10-7-4-2-1-3-6(7)9-8(11)5-15(12,13)14;1-4(2)3-5;/h1-4,10H,5H2,(H,9,11)(H2,12,13,14);3H,1-2H3;/q;;+1/p-1. The van der Waals surface area contributed by atoms with E-state index in [1.54, 1.807) is 26.2 Å². The fourth-order valence-corrected chi connectivity index (χ4v) is 1.39. The Morgan fingerprint density at radius 2 is 1.90 bits per heavy atom. The van der Waals surface area contributed by atoms with Crippen LogP contribution in [0.4, 0.5) is 5.69 Å². The van der Waals surface area contributed by atoms with Crippen LogP contribution in [-0.2, 0) is 14.2 Å². The molecule has 0 saturated heterocycles. The number of amides is 2. The summed E-state index contributed by atoms with van der Waals surface area (Å²) in [6, 6.07) is 5.85. The first-order chi connectivity index (χ1) is 9.15. The molecule has 1 atom stereocenters. The van der Waals surface area contributed by atoms with E-state index in [0.29, 0.717) is 0 Å². The molecule has 0 heterocycles. The summed E-state index contributed by atoms with van der Waals surface area (Å²) < 4.78 is 10.4. The number of phenolic OH excluding ortho intramolecular Hbond substituents is 1. The van der Waals surface area contributed by atoms with Gasteiger partial charge >= 0.3 is 51.4 Å². The third-order valence-electron chi connectivity index (χ3n) is 1.73. The van der Waals surface area contributed by atoms with E-state index < -0.39 is 19.7 Å². The number of nitrogens with zero attached hydrogens (tertiary/aromatic N) is 1. The maximum atomic E-state index is 11.0. The topological polar surface area (TPSA) is 130 Å². The largest absolute Gasteiger partial charge is 1.00 e. The summed E-state index contributed by atoms with van der Waals surface area (Å²) in [5.74, 6) is -1.08. The molecule has 0 spiro atoms. The zero-order valence-corrected chi connectivity index (χ0v) is 16.0. The minimum atomic E-state index is -4.62. The molecule has 3 N–H and O–H groups in total. The van der Waals surface area contributed by atoms with Crippen molar-refractivity contribution in [1.29, 1.82) is 0 Å². The van der Waals surface area contributed by atoms with Gasteiger partial charge in [-0.3, -0.25) is 9.59 Å². The van der Waals surface area contributed by atoms with Crippen molar-refractivity contribution in [2.75, 3.05) is 25.6 Å². The summed E-state index contributed by atoms with van der Waals surface area (Å²) in [7, 11) is -1.24. The van der Waals surface area contributed by atoms with Gasteiger partial charge < -0.3 is 29.7 Å². The van der Waals surface area contributed by atoms with Crippen molar-refractivity contribution in [1.82, 2.24) is 4.90 Å². The number of rotatable bonds is 4. The van der Waals surface area contributed by atoms with Crippen molar-refractivity contribution in [3.05, 3.63) is 24.3 Å². The van der Waals surface area contributed by atoms with Gasteiger partial charge in [-0.1, -0.05) is 12.1 Å². The molecule has 1 rings (SSSR count). The van der Waals surface area contributed by atoms with Gasteiger partial charge in [0.2, 0.25) is 12.3 Å². The van der Waals surface area contributed by atoms with Crippen LogP contribution in [0.15, 0.2) is 24.3 Å². The second kappa shape index (κ2) is 11.3. The van der Waals surface area contributed by atoms with E-state index in [1.807, 2.05) is 0 Å². The van der Waals surface area contributed by atoms with Crippen molar-refractivity contribution < 1.29 is 80.4 Å². The molecule has 8 nitrogen and oxygen atoms in total. The van der Waals surface area contributed by atoms with E-state index >= 15 is 0 Å². The summed E-state index contributed by atoms with van der Waals surface area (Å²) in [6.07, 6.45) is -0.263. The zero-order valence-electron chi connectivity index (χ0n) is 12.0. The molecule has 1 aromatic carbocycles. The first-order valence-electron chi connectivity index (χ1n) is 5.38. The third kappa shape index (κ3) is 13.2. The molecule has 0 aliphatic carbocycles. The fraction of sp³-hybridized carbons (Fsp3) is 0.273. The molecule has 0 aliphatic rings. The summed E-state index contributed by atoms with van der Waals surface area (Å²) in [5.41, 5.74) is 0.0935. The molecule has 0 radical (unpaired) electrons. The molecular weight excluding hydrogens is 326 g/mol. The average molecular weight is 342 g/mol. The van der Waals surface area contributed by atoms with Crippen LogP contribution in [0.2, 0.25) is 0 Å². The molecule has 0 aromatic heterocycles. The van der Waals surface area contributed by atoms with Crippen LogP contribution in [0.3, 0.4) is 0 Å². The number of hydrogen-bond donors (Lipinski definition) is 3. The van der Waals surface area contributed by atoms with Crippen molar-refractivity contribution in [3.8, 4) is 5.75 Å². The molecule has 1 unspecified atom stereocenters. The SMILES string of the molecule is CN(C)C=O.O=C(CP(=O)([O-])O)Nc1ccccc1O.[K+]. The van der Waals surface area contributed by atoms with Gasteiger partial charge in [0.15, 0.2) is 0 Å². The molecule has 2 amide bonds. The molecule has 10 heteroatoms. The van der Waals surface area contributed by atoms with Crippen LogP contribution in [0, 0.1) is 0 Å². The minimum Gasteiger partial charge on any atom is -0.778 e. The quantitative estimate of drug-likeness (QED) is 0.226. The van der Waals surface area contributed by atoms with Gasteiger partial charge in [0.1, 0.15) is 13.3 Å². The Kier molecular flexibility index (Phi) is 12.4. The number of carbonyl (C=O) groups is 2. The fourth-order valence-electron chi connectivity index (χ4n) is 0.951. The van der Waals surface area contributed by atoms with E-state index in [2.05, 4.69) is 5.32 Å². The van der Waals surface area contributed by atoms with E-state index in [9.17, 15) is 24.2 Å². The van der Waals surface area contributed by atoms with Crippen LogP contribution in [0.25, 0.3) is 0 Å². The van der Waals surface area contributed by atoms with Crippen LogP contribution in [0.1, 0.15) is 0 Å². The van der Waals surface area contributed by atoms with Gasteiger partial charge in [-0.25, -0.2) is 0 Å². The molecule has 0 aliphatic heterocycles. The average Bonchev–Trinajstić information content (AvgIpc) is 2.30. The number of hydrogen-bond acceptors (Lipinski definition) is 5. The molecule has 1 aromatic rings. The Labute approximate surface area is 165 Å². The maximum Gasteiger partial charge on any atom is 1.00 e. The summed E-state index contributed by atoms with van der Waals surface area (Å²) in [5, 5.41) is 11.4. The first-order valence-corrected chi connectivity index (χ1v) is 7.14. The Hall–Kier alpha value is -0.254. The van der Waals surface area contributed by atoms with Crippen molar-refractivity contribution in [2.24, 2.45) is 0 Å². The number of carbonyl (C=O) groups excluding carboxylic acids is 2. The van der Waals surface area contributed by atoms with Gasteiger partial charge in [-0.15, -0.1) is 0 Å². The van der Waals surface area contributed by atoms with E-state index in [4.69, 9.17) is 4.89 Å². The van der Waals surface area contributed by atoms with Gasteiger partial charge in [-0.05, 0) is 12.1 Å². The van der Waals surface area contributed by atoms with Crippen LogP contribution in [0.5, 0.6) is 5.75 Å². The number of para-hydroxylation sites is 2. The maximum absolute atomic E-state index is 11.0. The number of nitrogens with one attached hydrogen (secondary N) is 1. The van der Waals surface area contributed by atoms with Gasteiger partial charge in [0.05, 0.1) is 11.8 Å². The molecule has 21 heavy (non-hydrogen) atoms. The number of anilines is 1. The summed E-state index contributed by atoms with van der Waals surface area (Å²) in [6.45, 7) is 0. The number of phenols is 1. The van der Waals surface area contributed by atoms with E-state index in [0.717, 1.165) is 6.41 Å². The second-order valence-corrected chi connectivity index (χ2v) is 5.52. The molecule has 112 valence electrons. The smallest absolute Gasteiger partial charge is 0.778 e. The molecule has 0 fully saturated rings. The predicted octanol–water partition coefficient (Wildman–Crippen LogP) is -3.42. The first kappa shape index (κ1) is 23.0. The van der Waals surface area contributed by atoms with E-state index in [1.165, 1.54) is 17.0 Å². The van der Waals surface area contributed by atoms with Crippen molar-refractivity contribution in [2.45, 2.75) is 0 Å². The summed E-state index contributed by atoms with van der Waals surface area (Å²) >= 11 is 0. The number of aromatic hydroxyl groups is 1. The Morgan fingerprint density at radius 1 is 1.43 bits per heavy atom. The monoisotopic (exact) mass is 342 g/mol. The Morgan fingerprint density at radius 3 is 2.29 bits per heavy atom. The van der Waals surface area contributed by atoms with Crippen molar-refractivity contribution >= 4 is 25.6 Å². The second-order valence-electron chi connectivity index (χ2n) is 3.93. The third-order valence-corrected chi connectivity index (χ3v) is 2.42. The molecular formula is C11H16KN2O6P. The van der Waals surface area contributed by atoms with Crippen LogP contribution < -0.4 is 61.6 Å². The predicted molar refractivity (Wildman–Crippen MR) is 71.2 cm³/mol. The molecule has 0 saturated carbocycles. The van der Waals surface area contributed by atoms with E-state index in [-0.39, 0.29) is 62.8 Å². The summed E-state index contributed by atoms with van der Waals surface area (Å²) in [4.78, 5) is 40.7. The van der Waals surface area contributed by atoms with Crippen LogP contribution >= 0.6 is 7.60 Å². The Balaban J connectivity index is 0. The van der Waals surface area contributed by atoms with Gasteiger partial charge in [0.25, 0.3) is 0 Å². The Bertz CT molecular complexity index is 505. The zero-order chi connectivity index (χ0) is 15.8. The minimum absolute atomic E-state index is 0.